The molecular formula is C20H29N3OS. The molecule has 2 aliphatic rings. The summed E-state index contributed by atoms with van der Waals surface area (Å²) in [7, 11) is 2.21. The van der Waals surface area contributed by atoms with Crippen molar-refractivity contribution in [3.8, 4) is 0 Å². The zero-order valence-corrected chi connectivity index (χ0v) is 16.1. The molecule has 2 atom stereocenters. The first-order valence-electron chi connectivity index (χ1n) is 9.41. The number of fused-ring (bicyclic) bond motifs is 1. The molecule has 2 unspecified atom stereocenters. The number of thioether (sulfide) groups is 1. The summed E-state index contributed by atoms with van der Waals surface area (Å²) in [5.74, 6) is 0. The van der Waals surface area contributed by atoms with Gasteiger partial charge in [-0.1, -0.05) is 18.2 Å². The molecule has 0 amide bonds. The zero-order chi connectivity index (χ0) is 17.4. The van der Waals surface area contributed by atoms with E-state index in [1.54, 1.807) is 0 Å². The fourth-order valence-electron chi connectivity index (χ4n) is 4.37. The summed E-state index contributed by atoms with van der Waals surface area (Å²) < 4.78 is 0.355. The molecule has 5 heteroatoms. The number of nitrogens with one attached hydrogen (secondary N) is 1. The Hall–Kier alpha value is -1.01. The van der Waals surface area contributed by atoms with Crippen molar-refractivity contribution in [1.29, 1.82) is 0 Å². The highest BCUT2D eigenvalue weighted by molar-refractivity contribution is 8.01. The number of benzene rings is 1. The first-order valence-corrected chi connectivity index (χ1v) is 10.3. The molecular weight excluding hydrogens is 330 g/mol. The first-order chi connectivity index (χ1) is 12.1. The third-order valence-corrected chi connectivity index (χ3v) is 7.64. The molecule has 3 heterocycles. The summed E-state index contributed by atoms with van der Waals surface area (Å²) in [6.45, 7) is 5.65. The lowest BCUT2D eigenvalue weighted by atomic mass is 9.95. The van der Waals surface area contributed by atoms with Crippen LogP contribution in [-0.2, 0) is 6.42 Å². The van der Waals surface area contributed by atoms with Crippen LogP contribution in [0, 0.1) is 0 Å². The Morgan fingerprint density at radius 2 is 2.08 bits per heavy atom. The maximum Gasteiger partial charge on any atom is 0.108 e. The number of aromatic nitrogens is 1. The summed E-state index contributed by atoms with van der Waals surface area (Å²) in [6, 6.07) is 8.41. The van der Waals surface area contributed by atoms with E-state index in [-0.39, 0.29) is 6.23 Å². The SMILES string of the molecule is CC1SC2(CCN(C)CC2)CN1C(O)CCc1c[nH]c2ccccc12. The first kappa shape index (κ1) is 17.4. The molecule has 4 nitrogen and oxygen atoms in total. The molecule has 2 aliphatic heterocycles. The second-order valence-corrected chi connectivity index (χ2v) is 9.54. The van der Waals surface area contributed by atoms with E-state index in [0.29, 0.717) is 10.1 Å². The van der Waals surface area contributed by atoms with Gasteiger partial charge in [0.2, 0.25) is 0 Å². The van der Waals surface area contributed by atoms with Crippen molar-refractivity contribution >= 4 is 22.7 Å². The van der Waals surface area contributed by atoms with Crippen LogP contribution in [0.2, 0.25) is 0 Å². The largest absolute Gasteiger partial charge is 0.378 e. The minimum absolute atomic E-state index is 0.352. The predicted octanol–water partition coefficient (Wildman–Crippen LogP) is 3.28. The van der Waals surface area contributed by atoms with E-state index in [2.05, 4.69) is 71.0 Å². The van der Waals surface area contributed by atoms with Gasteiger partial charge in [0.15, 0.2) is 0 Å². The van der Waals surface area contributed by atoms with Crippen molar-refractivity contribution in [2.45, 2.75) is 49.0 Å². The molecule has 2 saturated heterocycles. The second-order valence-electron chi connectivity index (χ2n) is 7.75. The Bertz CT molecular complexity index is 723. The van der Waals surface area contributed by atoms with Crippen LogP contribution < -0.4 is 0 Å². The van der Waals surface area contributed by atoms with E-state index in [1.165, 1.54) is 42.4 Å². The second kappa shape index (κ2) is 6.95. The van der Waals surface area contributed by atoms with Gasteiger partial charge in [-0.3, -0.25) is 4.90 Å². The molecule has 0 aliphatic carbocycles. The number of hydrogen-bond acceptors (Lipinski definition) is 4. The molecule has 2 fully saturated rings. The summed E-state index contributed by atoms with van der Waals surface area (Å²) in [6.07, 6.45) is 5.93. The minimum Gasteiger partial charge on any atom is -0.378 e. The molecule has 0 saturated carbocycles. The highest BCUT2D eigenvalue weighted by atomic mass is 32.2. The monoisotopic (exact) mass is 359 g/mol. The fourth-order valence-corrected chi connectivity index (χ4v) is 6.08. The third-order valence-electron chi connectivity index (χ3n) is 5.99. The number of aliphatic hydroxyl groups excluding tert-OH is 1. The van der Waals surface area contributed by atoms with Crippen LogP contribution in [0.15, 0.2) is 30.5 Å². The van der Waals surface area contributed by atoms with Crippen LogP contribution >= 0.6 is 11.8 Å². The molecule has 4 rings (SSSR count). The third kappa shape index (κ3) is 3.47. The van der Waals surface area contributed by atoms with Gasteiger partial charge in [0.25, 0.3) is 0 Å². The average molecular weight is 360 g/mol. The average Bonchev–Trinajstić information content (AvgIpc) is 3.17. The smallest absolute Gasteiger partial charge is 0.108 e. The van der Waals surface area contributed by atoms with Crippen LogP contribution in [0.1, 0.15) is 31.7 Å². The van der Waals surface area contributed by atoms with Crippen molar-refractivity contribution in [2.75, 3.05) is 26.7 Å². The van der Waals surface area contributed by atoms with E-state index < -0.39 is 0 Å². The highest BCUT2D eigenvalue weighted by Crippen LogP contribution is 2.46. The van der Waals surface area contributed by atoms with E-state index in [4.69, 9.17) is 0 Å². The maximum atomic E-state index is 10.8. The normalized spacial score (nSPS) is 25.8. The van der Waals surface area contributed by atoms with Crippen LogP contribution in [0.4, 0.5) is 0 Å². The summed E-state index contributed by atoms with van der Waals surface area (Å²) in [4.78, 5) is 8.08. The summed E-state index contributed by atoms with van der Waals surface area (Å²) >= 11 is 2.09. The zero-order valence-electron chi connectivity index (χ0n) is 15.2. The Morgan fingerprint density at radius 1 is 1.32 bits per heavy atom. The number of hydrogen-bond donors (Lipinski definition) is 2. The quantitative estimate of drug-likeness (QED) is 0.879. The fraction of sp³-hybridized carbons (Fsp3) is 0.600. The van der Waals surface area contributed by atoms with Crippen molar-refractivity contribution in [1.82, 2.24) is 14.8 Å². The van der Waals surface area contributed by atoms with E-state index in [1.807, 2.05) is 0 Å². The van der Waals surface area contributed by atoms with E-state index in [0.717, 1.165) is 19.4 Å². The van der Waals surface area contributed by atoms with Gasteiger partial charge in [-0.05, 0) is 64.4 Å². The van der Waals surface area contributed by atoms with E-state index >= 15 is 0 Å². The van der Waals surface area contributed by atoms with E-state index in [9.17, 15) is 5.11 Å². The number of aryl methyl sites for hydroxylation is 1. The molecule has 136 valence electrons. The topological polar surface area (TPSA) is 42.5 Å². The van der Waals surface area contributed by atoms with Gasteiger partial charge in [-0.25, -0.2) is 0 Å². The van der Waals surface area contributed by atoms with Crippen molar-refractivity contribution in [3.05, 3.63) is 36.0 Å². The van der Waals surface area contributed by atoms with Crippen molar-refractivity contribution in [2.24, 2.45) is 0 Å². The number of aliphatic hydroxyl groups is 1. The number of nitrogens with zero attached hydrogens (tertiary/aromatic N) is 2. The maximum absolute atomic E-state index is 10.8. The van der Waals surface area contributed by atoms with Gasteiger partial charge in [0.1, 0.15) is 6.23 Å². The van der Waals surface area contributed by atoms with Crippen LogP contribution in [0.25, 0.3) is 10.9 Å². The molecule has 0 bridgehead atoms. The van der Waals surface area contributed by atoms with Crippen molar-refractivity contribution < 1.29 is 5.11 Å². The lowest BCUT2D eigenvalue weighted by Gasteiger charge is -2.37. The number of para-hydroxylation sites is 1. The predicted molar refractivity (Wildman–Crippen MR) is 106 cm³/mol. The van der Waals surface area contributed by atoms with Gasteiger partial charge in [0.05, 0.1) is 5.37 Å². The molecule has 1 aromatic carbocycles. The van der Waals surface area contributed by atoms with Crippen LogP contribution in [0.5, 0.6) is 0 Å². The van der Waals surface area contributed by atoms with Crippen LogP contribution in [0.3, 0.4) is 0 Å². The van der Waals surface area contributed by atoms with Gasteiger partial charge in [-0.2, -0.15) is 0 Å². The lowest BCUT2D eigenvalue weighted by Crippen LogP contribution is -2.45. The Labute approximate surface area is 154 Å². The standard InChI is InChI=1S/C20H29N3OS/c1-15-23(14-20(25-15)9-11-22(2)12-10-20)19(24)8-7-16-13-21-18-6-4-3-5-17(16)18/h3-6,13,15,19,21,24H,7-12,14H2,1-2H3. The summed E-state index contributed by atoms with van der Waals surface area (Å²) in [5, 5.41) is 12.5. The van der Waals surface area contributed by atoms with Gasteiger partial charge < -0.3 is 15.0 Å². The molecule has 2 aromatic rings. The Morgan fingerprint density at radius 3 is 2.88 bits per heavy atom. The highest BCUT2D eigenvalue weighted by Gasteiger charge is 2.45. The Balaban J connectivity index is 1.39. The van der Waals surface area contributed by atoms with Crippen molar-refractivity contribution in [3.63, 3.8) is 0 Å². The number of rotatable bonds is 4. The lowest BCUT2D eigenvalue weighted by molar-refractivity contribution is -0.00740. The minimum atomic E-state index is -0.352. The Kier molecular flexibility index (Phi) is 4.84. The number of H-pyrrole nitrogens is 1. The van der Waals surface area contributed by atoms with Gasteiger partial charge >= 0.3 is 0 Å². The molecule has 1 aromatic heterocycles. The molecule has 2 N–H and O–H groups in total. The number of aromatic amines is 1. The van der Waals surface area contributed by atoms with Crippen LogP contribution in [-0.4, -0.2) is 62.9 Å². The summed E-state index contributed by atoms with van der Waals surface area (Å²) in [5.41, 5.74) is 2.49. The van der Waals surface area contributed by atoms with Gasteiger partial charge in [-0.15, -0.1) is 11.8 Å². The molecule has 0 radical (unpaired) electrons. The number of likely N-dealkylation sites (tertiary alicyclic amines) is 1. The molecule has 25 heavy (non-hydrogen) atoms. The number of piperidine rings is 1. The molecule has 1 spiro atoms. The van der Waals surface area contributed by atoms with Gasteiger partial charge in [0, 0.05) is 28.4 Å².